The van der Waals surface area contributed by atoms with Crippen molar-refractivity contribution in [2.24, 2.45) is 5.73 Å². The molecule has 0 saturated carbocycles. The SMILES string of the molecule is Cc1ccc2c(n1)CC[C@@H]2N. The predicted octanol–water partition coefficient (Wildman–Crippen LogP) is 1.34. The minimum atomic E-state index is 0.234. The number of hydrogen-bond acceptors (Lipinski definition) is 2. The van der Waals surface area contributed by atoms with Crippen molar-refractivity contribution >= 4 is 0 Å². The maximum absolute atomic E-state index is 5.86. The molecule has 2 heteroatoms. The number of nitrogens with zero attached hydrogens (tertiary/aromatic N) is 1. The highest BCUT2D eigenvalue weighted by Crippen LogP contribution is 2.27. The normalized spacial score (nSPS) is 21.8. The zero-order chi connectivity index (χ0) is 7.84. The summed E-state index contributed by atoms with van der Waals surface area (Å²) in [7, 11) is 0. The van der Waals surface area contributed by atoms with Crippen LogP contribution in [0.4, 0.5) is 0 Å². The molecule has 0 aromatic carbocycles. The van der Waals surface area contributed by atoms with E-state index in [1.807, 2.05) is 13.0 Å². The highest BCUT2D eigenvalue weighted by Gasteiger charge is 2.19. The van der Waals surface area contributed by atoms with E-state index in [4.69, 9.17) is 5.73 Å². The first-order valence-electron chi connectivity index (χ1n) is 3.99. The van der Waals surface area contributed by atoms with Crippen LogP contribution >= 0.6 is 0 Å². The van der Waals surface area contributed by atoms with Crippen LogP contribution in [-0.2, 0) is 6.42 Å². The highest BCUT2D eigenvalue weighted by molar-refractivity contribution is 5.29. The molecule has 0 amide bonds. The topological polar surface area (TPSA) is 38.9 Å². The Hall–Kier alpha value is -0.890. The minimum Gasteiger partial charge on any atom is -0.324 e. The molecule has 11 heavy (non-hydrogen) atoms. The van der Waals surface area contributed by atoms with Crippen molar-refractivity contribution in [1.82, 2.24) is 4.98 Å². The first-order valence-corrected chi connectivity index (χ1v) is 3.99. The highest BCUT2D eigenvalue weighted by atomic mass is 14.8. The average molecular weight is 148 g/mol. The lowest BCUT2D eigenvalue weighted by atomic mass is 10.1. The fourth-order valence-electron chi connectivity index (χ4n) is 1.61. The largest absolute Gasteiger partial charge is 0.324 e. The number of rotatable bonds is 0. The zero-order valence-corrected chi connectivity index (χ0v) is 6.67. The molecular formula is C9H12N2. The van der Waals surface area contributed by atoms with Crippen LogP contribution in [0.15, 0.2) is 12.1 Å². The lowest BCUT2D eigenvalue weighted by molar-refractivity contribution is 0.712. The Morgan fingerprint density at radius 2 is 2.36 bits per heavy atom. The van der Waals surface area contributed by atoms with Crippen molar-refractivity contribution in [3.8, 4) is 0 Å². The predicted molar refractivity (Wildman–Crippen MR) is 44.2 cm³/mol. The van der Waals surface area contributed by atoms with Crippen LogP contribution in [0.25, 0.3) is 0 Å². The smallest absolute Gasteiger partial charge is 0.0455 e. The second kappa shape index (κ2) is 2.31. The molecule has 2 nitrogen and oxygen atoms in total. The summed E-state index contributed by atoms with van der Waals surface area (Å²) in [4.78, 5) is 4.42. The Labute approximate surface area is 66.4 Å². The Morgan fingerprint density at radius 1 is 1.55 bits per heavy atom. The van der Waals surface area contributed by atoms with Crippen molar-refractivity contribution in [2.75, 3.05) is 0 Å². The maximum atomic E-state index is 5.86. The van der Waals surface area contributed by atoms with E-state index in [0.29, 0.717) is 0 Å². The van der Waals surface area contributed by atoms with Crippen LogP contribution in [-0.4, -0.2) is 4.98 Å². The van der Waals surface area contributed by atoms with E-state index in [-0.39, 0.29) is 6.04 Å². The molecule has 1 aliphatic rings. The summed E-state index contributed by atoms with van der Waals surface area (Å²) in [6, 6.07) is 4.37. The van der Waals surface area contributed by atoms with Crippen LogP contribution in [0.5, 0.6) is 0 Å². The third kappa shape index (κ3) is 1.03. The van der Waals surface area contributed by atoms with Gasteiger partial charge in [-0.2, -0.15) is 0 Å². The second-order valence-electron chi connectivity index (χ2n) is 3.13. The molecule has 2 N–H and O–H groups in total. The molecule has 1 aromatic heterocycles. The maximum Gasteiger partial charge on any atom is 0.0455 e. The summed E-state index contributed by atoms with van der Waals surface area (Å²) in [5.74, 6) is 0. The van der Waals surface area contributed by atoms with Gasteiger partial charge < -0.3 is 5.73 Å². The van der Waals surface area contributed by atoms with Crippen molar-refractivity contribution in [3.63, 3.8) is 0 Å². The lowest BCUT2D eigenvalue weighted by Gasteiger charge is -2.02. The summed E-state index contributed by atoms with van der Waals surface area (Å²) >= 11 is 0. The molecule has 1 aliphatic carbocycles. The van der Waals surface area contributed by atoms with Gasteiger partial charge >= 0.3 is 0 Å². The molecule has 0 aliphatic heterocycles. The molecule has 0 radical (unpaired) electrons. The molecule has 58 valence electrons. The molecule has 2 rings (SSSR count). The van der Waals surface area contributed by atoms with Crippen molar-refractivity contribution in [1.29, 1.82) is 0 Å². The van der Waals surface area contributed by atoms with Crippen LogP contribution < -0.4 is 5.73 Å². The van der Waals surface area contributed by atoms with E-state index in [0.717, 1.165) is 18.5 Å². The van der Waals surface area contributed by atoms with Gasteiger partial charge in [0.2, 0.25) is 0 Å². The summed E-state index contributed by atoms with van der Waals surface area (Å²) in [5, 5.41) is 0. The molecule has 0 unspecified atom stereocenters. The summed E-state index contributed by atoms with van der Waals surface area (Å²) in [6.07, 6.45) is 2.12. The third-order valence-electron chi connectivity index (χ3n) is 2.24. The van der Waals surface area contributed by atoms with E-state index >= 15 is 0 Å². The van der Waals surface area contributed by atoms with Gasteiger partial charge in [0.25, 0.3) is 0 Å². The molecule has 1 aromatic rings. The lowest BCUT2D eigenvalue weighted by Crippen LogP contribution is -2.05. The summed E-state index contributed by atoms with van der Waals surface area (Å²) < 4.78 is 0. The van der Waals surface area contributed by atoms with Crippen LogP contribution in [0, 0.1) is 6.92 Å². The number of hydrogen-bond donors (Lipinski definition) is 1. The van der Waals surface area contributed by atoms with Gasteiger partial charge in [0.15, 0.2) is 0 Å². The Morgan fingerprint density at radius 3 is 3.18 bits per heavy atom. The minimum absolute atomic E-state index is 0.234. The quantitative estimate of drug-likeness (QED) is 0.603. The van der Waals surface area contributed by atoms with Gasteiger partial charge in [-0.1, -0.05) is 6.07 Å². The molecular weight excluding hydrogens is 136 g/mol. The van der Waals surface area contributed by atoms with Crippen molar-refractivity contribution < 1.29 is 0 Å². The number of nitrogens with two attached hydrogens (primary N) is 1. The molecule has 0 bridgehead atoms. The van der Waals surface area contributed by atoms with Gasteiger partial charge in [0.05, 0.1) is 0 Å². The first kappa shape index (κ1) is 6.80. The fourth-order valence-corrected chi connectivity index (χ4v) is 1.61. The Bertz CT molecular complexity index is 281. The van der Waals surface area contributed by atoms with Crippen molar-refractivity contribution in [3.05, 3.63) is 29.1 Å². The van der Waals surface area contributed by atoms with E-state index in [1.165, 1.54) is 11.3 Å². The third-order valence-corrected chi connectivity index (χ3v) is 2.24. The molecule has 0 saturated heterocycles. The number of fused-ring (bicyclic) bond motifs is 1. The van der Waals surface area contributed by atoms with Gasteiger partial charge in [0, 0.05) is 17.4 Å². The molecule has 0 fully saturated rings. The van der Waals surface area contributed by atoms with Crippen LogP contribution in [0.1, 0.15) is 29.4 Å². The van der Waals surface area contributed by atoms with Crippen LogP contribution in [0.3, 0.4) is 0 Å². The van der Waals surface area contributed by atoms with Crippen LogP contribution in [0.2, 0.25) is 0 Å². The number of aromatic nitrogens is 1. The van der Waals surface area contributed by atoms with Crippen molar-refractivity contribution in [2.45, 2.75) is 25.8 Å². The average Bonchev–Trinajstić information content (AvgIpc) is 2.32. The van der Waals surface area contributed by atoms with E-state index < -0.39 is 0 Å². The monoisotopic (exact) mass is 148 g/mol. The van der Waals surface area contributed by atoms with E-state index in [2.05, 4.69) is 11.1 Å². The molecule has 1 atom stereocenters. The number of aryl methyl sites for hydroxylation is 2. The Kier molecular flexibility index (Phi) is 1.43. The van der Waals surface area contributed by atoms with Gasteiger partial charge in [0.1, 0.15) is 0 Å². The summed E-state index contributed by atoms with van der Waals surface area (Å²) in [6.45, 7) is 2.02. The van der Waals surface area contributed by atoms with Gasteiger partial charge in [-0.3, -0.25) is 4.98 Å². The molecule has 1 heterocycles. The van der Waals surface area contributed by atoms with Gasteiger partial charge in [-0.05, 0) is 31.4 Å². The number of pyridine rings is 1. The zero-order valence-electron chi connectivity index (χ0n) is 6.67. The molecule has 0 spiro atoms. The van der Waals surface area contributed by atoms with Gasteiger partial charge in [-0.25, -0.2) is 0 Å². The van der Waals surface area contributed by atoms with Gasteiger partial charge in [-0.15, -0.1) is 0 Å². The first-order chi connectivity index (χ1) is 5.27. The second-order valence-corrected chi connectivity index (χ2v) is 3.13. The fraction of sp³-hybridized carbons (Fsp3) is 0.444. The standard InChI is InChI=1S/C9H12N2/c1-6-2-3-7-8(10)4-5-9(7)11-6/h2-3,8H,4-5,10H2,1H3/t8-/m0/s1. The van der Waals surface area contributed by atoms with E-state index in [9.17, 15) is 0 Å². The van der Waals surface area contributed by atoms with E-state index in [1.54, 1.807) is 0 Å². The Balaban J connectivity index is 2.50. The summed E-state index contributed by atoms with van der Waals surface area (Å²) in [5.41, 5.74) is 9.40.